The Morgan fingerprint density at radius 2 is 1.95 bits per heavy atom. The van der Waals surface area contributed by atoms with E-state index in [9.17, 15) is 8.42 Å². The average Bonchev–Trinajstić information content (AvgIpc) is 3.11. The standard InChI is InChI=1S/C15H23NO2S/c1-4-9-16(11-14-6-7-14)19(17,18)15-8-5-12(2)10-13(15)3/h5,8,10,14H,4,6-7,9,11H2,1-3H3. The highest BCUT2D eigenvalue weighted by molar-refractivity contribution is 7.89. The normalized spacial score (nSPS) is 16.0. The van der Waals surface area contributed by atoms with Gasteiger partial charge in [0.2, 0.25) is 10.0 Å². The summed E-state index contributed by atoms with van der Waals surface area (Å²) in [4.78, 5) is 0.465. The van der Waals surface area contributed by atoms with Crippen molar-refractivity contribution in [3.63, 3.8) is 0 Å². The van der Waals surface area contributed by atoms with Gasteiger partial charge in [0.25, 0.3) is 0 Å². The fourth-order valence-corrected chi connectivity index (χ4v) is 4.19. The van der Waals surface area contributed by atoms with E-state index in [0.29, 0.717) is 23.9 Å². The van der Waals surface area contributed by atoms with Gasteiger partial charge in [0.05, 0.1) is 4.90 Å². The summed E-state index contributed by atoms with van der Waals surface area (Å²) in [7, 11) is -3.33. The second-order valence-electron chi connectivity index (χ2n) is 5.58. The van der Waals surface area contributed by atoms with Gasteiger partial charge in [0.1, 0.15) is 0 Å². The molecule has 1 aliphatic rings. The van der Waals surface area contributed by atoms with Crippen molar-refractivity contribution in [3.05, 3.63) is 29.3 Å². The van der Waals surface area contributed by atoms with Crippen molar-refractivity contribution < 1.29 is 8.42 Å². The molecule has 0 aromatic heterocycles. The fraction of sp³-hybridized carbons (Fsp3) is 0.600. The molecule has 0 atom stereocenters. The molecule has 0 spiro atoms. The lowest BCUT2D eigenvalue weighted by molar-refractivity contribution is 0.395. The van der Waals surface area contributed by atoms with Gasteiger partial charge in [-0.25, -0.2) is 8.42 Å². The summed E-state index contributed by atoms with van der Waals surface area (Å²) in [5.74, 6) is 0.576. The summed E-state index contributed by atoms with van der Waals surface area (Å²) in [6, 6.07) is 5.56. The Morgan fingerprint density at radius 3 is 2.47 bits per heavy atom. The van der Waals surface area contributed by atoms with Gasteiger partial charge in [-0.15, -0.1) is 0 Å². The molecule has 0 amide bonds. The lowest BCUT2D eigenvalue weighted by atomic mass is 10.2. The third kappa shape index (κ3) is 3.37. The molecular weight excluding hydrogens is 258 g/mol. The van der Waals surface area contributed by atoms with Crippen LogP contribution in [0.2, 0.25) is 0 Å². The predicted molar refractivity (Wildman–Crippen MR) is 77.7 cm³/mol. The smallest absolute Gasteiger partial charge is 0.207 e. The molecule has 4 heteroatoms. The molecule has 2 rings (SSSR count). The number of sulfonamides is 1. The number of aryl methyl sites for hydroxylation is 2. The van der Waals surface area contributed by atoms with Crippen LogP contribution < -0.4 is 0 Å². The maximum absolute atomic E-state index is 12.7. The number of rotatable bonds is 6. The van der Waals surface area contributed by atoms with E-state index in [2.05, 4.69) is 0 Å². The predicted octanol–water partition coefficient (Wildman–Crippen LogP) is 3.11. The molecule has 0 saturated heterocycles. The van der Waals surface area contributed by atoms with Crippen molar-refractivity contribution in [1.82, 2.24) is 4.31 Å². The Balaban J connectivity index is 2.31. The van der Waals surface area contributed by atoms with Crippen molar-refractivity contribution in [2.45, 2.75) is 44.9 Å². The minimum absolute atomic E-state index is 0.465. The number of hydrogen-bond acceptors (Lipinski definition) is 2. The number of benzene rings is 1. The topological polar surface area (TPSA) is 37.4 Å². The summed E-state index contributed by atoms with van der Waals surface area (Å²) >= 11 is 0. The van der Waals surface area contributed by atoms with Crippen molar-refractivity contribution in [2.24, 2.45) is 5.92 Å². The molecule has 1 aliphatic carbocycles. The Bertz CT molecular complexity index is 547. The van der Waals surface area contributed by atoms with E-state index in [4.69, 9.17) is 0 Å². The maximum Gasteiger partial charge on any atom is 0.243 e. The highest BCUT2D eigenvalue weighted by Crippen LogP contribution is 2.32. The third-order valence-corrected chi connectivity index (χ3v) is 5.61. The van der Waals surface area contributed by atoms with Crippen LogP contribution in [0.3, 0.4) is 0 Å². The second-order valence-corrected chi connectivity index (χ2v) is 7.48. The molecule has 0 N–H and O–H groups in total. The molecule has 1 fully saturated rings. The van der Waals surface area contributed by atoms with Crippen LogP contribution in [0.1, 0.15) is 37.3 Å². The van der Waals surface area contributed by atoms with E-state index in [1.165, 1.54) is 12.8 Å². The fourth-order valence-electron chi connectivity index (χ4n) is 2.38. The van der Waals surface area contributed by atoms with E-state index in [1.807, 2.05) is 32.9 Å². The van der Waals surface area contributed by atoms with Gasteiger partial charge in [-0.3, -0.25) is 0 Å². The number of hydrogen-bond donors (Lipinski definition) is 0. The zero-order valence-corrected chi connectivity index (χ0v) is 12.8. The molecule has 0 aliphatic heterocycles. The molecule has 106 valence electrons. The highest BCUT2D eigenvalue weighted by Gasteiger charge is 2.31. The van der Waals surface area contributed by atoms with Gasteiger partial charge in [-0.05, 0) is 50.7 Å². The molecule has 0 heterocycles. The van der Waals surface area contributed by atoms with Crippen molar-refractivity contribution in [3.8, 4) is 0 Å². The van der Waals surface area contributed by atoms with Gasteiger partial charge in [-0.1, -0.05) is 24.6 Å². The van der Waals surface area contributed by atoms with Crippen molar-refractivity contribution in [2.75, 3.05) is 13.1 Å². The van der Waals surface area contributed by atoms with Crippen LogP contribution in [0, 0.1) is 19.8 Å². The zero-order valence-electron chi connectivity index (χ0n) is 12.0. The first-order valence-electron chi connectivity index (χ1n) is 7.02. The van der Waals surface area contributed by atoms with Crippen LogP contribution in [0.25, 0.3) is 0 Å². The molecule has 0 unspecified atom stereocenters. The summed E-state index contributed by atoms with van der Waals surface area (Å²) in [6.07, 6.45) is 3.20. The minimum Gasteiger partial charge on any atom is -0.207 e. The van der Waals surface area contributed by atoms with Crippen LogP contribution in [0.5, 0.6) is 0 Å². The van der Waals surface area contributed by atoms with Crippen molar-refractivity contribution in [1.29, 1.82) is 0 Å². The average molecular weight is 281 g/mol. The van der Waals surface area contributed by atoms with Crippen LogP contribution >= 0.6 is 0 Å². The first-order valence-corrected chi connectivity index (χ1v) is 8.46. The molecule has 1 saturated carbocycles. The first kappa shape index (κ1) is 14.5. The van der Waals surface area contributed by atoms with E-state index in [0.717, 1.165) is 17.5 Å². The van der Waals surface area contributed by atoms with Crippen LogP contribution in [0.15, 0.2) is 23.1 Å². The van der Waals surface area contributed by atoms with Gasteiger partial charge in [0, 0.05) is 13.1 Å². The van der Waals surface area contributed by atoms with Crippen LogP contribution in [-0.4, -0.2) is 25.8 Å². The first-order chi connectivity index (χ1) is 8.95. The van der Waals surface area contributed by atoms with Crippen LogP contribution in [-0.2, 0) is 10.0 Å². The SMILES string of the molecule is CCCN(CC1CC1)S(=O)(=O)c1ccc(C)cc1C. The molecule has 0 bridgehead atoms. The minimum atomic E-state index is -3.33. The van der Waals surface area contributed by atoms with E-state index >= 15 is 0 Å². The zero-order chi connectivity index (χ0) is 14.0. The molecule has 0 radical (unpaired) electrons. The van der Waals surface area contributed by atoms with E-state index < -0.39 is 10.0 Å². The molecule has 1 aromatic rings. The third-order valence-electron chi connectivity index (χ3n) is 3.58. The maximum atomic E-state index is 12.7. The molecule has 19 heavy (non-hydrogen) atoms. The Hall–Kier alpha value is -0.870. The largest absolute Gasteiger partial charge is 0.243 e. The number of nitrogens with zero attached hydrogens (tertiary/aromatic N) is 1. The lowest BCUT2D eigenvalue weighted by Crippen LogP contribution is -2.34. The summed E-state index contributed by atoms with van der Waals surface area (Å²) in [5, 5.41) is 0. The molecule has 3 nitrogen and oxygen atoms in total. The van der Waals surface area contributed by atoms with E-state index in [-0.39, 0.29) is 0 Å². The monoisotopic (exact) mass is 281 g/mol. The van der Waals surface area contributed by atoms with Gasteiger partial charge < -0.3 is 0 Å². The molecule has 1 aromatic carbocycles. The van der Waals surface area contributed by atoms with Gasteiger partial charge in [-0.2, -0.15) is 4.31 Å². The van der Waals surface area contributed by atoms with E-state index in [1.54, 1.807) is 10.4 Å². The van der Waals surface area contributed by atoms with Gasteiger partial charge >= 0.3 is 0 Å². The van der Waals surface area contributed by atoms with Crippen molar-refractivity contribution >= 4 is 10.0 Å². The Labute approximate surface area is 116 Å². The van der Waals surface area contributed by atoms with Crippen LogP contribution in [0.4, 0.5) is 0 Å². The van der Waals surface area contributed by atoms with Gasteiger partial charge in [0.15, 0.2) is 0 Å². The second kappa shape index (κ2) is 5.63. The Morgan fingerprint density at radius 1 is 1.26 bits per heavy atom. The Kier molecular flexibility index (Phi) is 4.31. The quantitative estimate of drug-likeness (QED) is 0.803. The summed E-state index contributed by atoms with van der Waals surface area (Å²) in [5.41, 5.74) is 1.94. The lowest BCUT2D eigenvalue weighted by Gasteiger charge is -2.22. The summed E-state index contributed by atoms with van der Waals surface area (Å²) in [6.45, 7) is 7.19. The summed E-state index contributed by atoms with van der Waals surface area (Å²) < 4.78 is 27.2. The highest BCUT2D eigenvalue weighted by atomic mass is 32.2. The molecular formula is C15H23NO2S.